The molecule has 11 heteroatoms. The Kier molecular flexibility index (Phi) is 7.53. The summed E-state index contributed by atoms with van der Waals surface area (Å²) in [5.74, 6) is -1.44. The van der Waals surface area contributed by atoms with Gasteiger partial charge in [0, 0.05) is 18.1 Å². The normalized spacial score (nSPS) is 12.4. The Labute approximate surface area is 225 Å². The molecule has 0 aliphatic rings. The van der Waals surface area contributed by atoms with E-state index in [4.69, 9.17) is 5.73 Å². The highest BCUT2D eigenvalue weighted by Crippen LogP contribution is 2.33. The minimum atomic E-state index is -0.664. The monoisotopic (exact) mass is 533 g/mol. The lowest BCUT2D eigenvalue weighted by atomic mass is 9.86. The predicted octanol–water partition coefficient (Wildman–Crippen LogP) is 3.00. The van der Waals surface area contributed by atoms with Gasteiger partial charge in [0.05, 0.1) is 24.6 Å². The third-order valence-electron chi connectivity index (χ3n) is 6.57. The fourth-order valence-corrected chi connectivity index (χ4v) is 4.37. The number of primary amides is 1. The van der Waals surface area contributed by atoms with Gasteiger partial charge in [0.25, 0.3) is 11.8 Å². The first-order valence-electron chi connectivity index (χ1n) is 12.5. The fraction of sp³-hybridized carbons (Fsp3) is 0.321. The molecule has 0 aliphatic carbocycles. The molecule has 1 unspecified atom stereocenters. The molecule has 1 atom stereocenters. The van der Waals surface area contributed by atoms with E-state index in [2.05, 4.69) is 20.7 Å². The summed E-state index contributed by atoms with van der Waals surface area (Å²) in [6, 6.07) is 13.0. The summed E-state index contributed by atoms with van der Waals surface area (Å²) >= 11 is 0. The topological polar surface area (TPSA) is 137 Å². The number of nitrogens with two attached hydrogens (primary N) is 1. The largest absolute Gasteiger partial charge is 0.368 e. The van der Waals surface area contributed by atoms with Gasteiger partial charge in [-0.1, -0.05) is 51.1 Å². The van der Waals surface area contributed by atoms with Gasteiger partial charge in [-0.05, 0) is 36.1 Å². The standard InChI is InChI=1S/C28H32FN7O3/c1-16-22(26(38)31-14-21(30)37)32-25(35(16)5)24(28(2,3)4)33-27(39)23-19-8-6-7-9-20(19)36(34-23)15-17-10-12-18(29)13-11-17/h6-13,24H,14-15H2,1-5H3,(H2,30,37)(H,31,38)(H,33,39). The second-order valence-corrected chi connectivity index (χ2v) is 10.5. The summed E-state index contributed by atoms with van der Waals surface area (Å²) in [4.78, 5) is 42.0. The van der Waals surface area contributed by atoms with E-state index in [0.717, 1.165) is 11.1 Å². The predicted molar refractivity (Wildman–Crippen MR) is 144 cm³/mol. The van der Waals surface area contributed by atoms with Crippen molar-refractivity contribution in [1.82, 2.24) is 30.0 Å². The molecule has 0 aliphatic heterocycles. The number of rotatable bonds is 8. The maximum absolute atomic E-state index is 13.7. The first-order valence-corrected chi connectivity index (χ1v) is 12.5. The number of hydrogen-bond acceptors (Lipinski definition) is 5. The number of nitrogens with zero attached hydrogens (tertiary/aromatic N) is 4. The van der Waals surface area contributed by atoms with E-state index in [1.54, 1.807) is 35.4 Å². The molecule has 10 nitrogen and oxygen atoms in total. The third-order valence-corrected chi connectivity index (χ3v) is 6.57. The van der Waals surface area contributed by atoms with E-state index >= 15 is 0 Å². The minimum absolute atomic E-state index is 0.145. The van der Waals surface area contributed by atoms with Gasteiger partial charge in [-0.2, -0.15) is 5.10 Å². The van der Waals surface area contributed by atoms with Crippen molar-refractivity contribution >= 4 is 28.6 Å². The minimum Gasteiger partial charge on any atom is -0.368 e. The number of para-hydroxylation sites is 1. The number of carbonyl (C=O) groups excluding carboxylic acids is 3. The van der Waals surface area contributed by atoms with Gasteiger partial charge < -0.3 is 20.9 Å². The molecule has 0 saturated heterocycles. The lowest BCUT2D eigenvalue weighted by Crippen LogP contribution is -2.38. The molecular weight excluding hydrogens is 501 g/mol. The van der Waals surface area contributed by atoms with Crippen molar-refractivity contribution in [1.29, 1.82) is 0 Å². The first kappa shape index (κ1) is 27.5. The van der Waals surface area contributed by atoms with Gasteiger partial charge >= 0.3 is 0 Å². The zero-order valence-corrected chi connectivity index (χ0v) is 22.6. The number of halogens is 1. The smallest absolute Gasteiger partial charge is 0.273 e. The second kappa shape index (κ2) is 10.7. The molecular formula is C28H32FN7O3. The van der Waals surface area contributed by atoms with Gasteiger partial charge in [-0.15, -0.1) is 0 Å². The fourth-order valence-electron chi connectivity index (χ4n) is 4.37. The third kappa shape index (κ3) is 5.82. The highest BCUT2D eigenvalue weighted by molar-refractivity contribution is 6.05. The Hall–Kier alpha value is -4.54. The summed E-state index contributed by atoms with van der Waals surface area (Å²) in [5.41, 5.74) is 7.22. The zero-order valence-electron chi connectivity index (χ0n) is 22.6. The molecule has 0 saturated carbocycles. The van der Waals surface area contributed by atoms with Crippen molar-refractivity contribution in [3.05, 3.63) is 82.8 Å². The summed E-state index contributed by atoms with van der Waals surface area (Å²) in [6.45, 7) is 7.67. The molecule has 2 aromatic carbocycles. The number of aromatic nitrogens is 4. The van der Waals surface area contributed by atoms with Crippen LogP contribution in [0.15, 0.2) is 48.5 Å². The van der Waals surface area contributed by atoms with E-state index in [0.29, 0.717) is 23.4 Å². The van der Waals surface area contributed by atoms with Crippen molar-refractivity contribution in [2.75, 3.05) is 6.54 Å². The molecule has 0 fully saturated rings. The lowest BCUT2D eigenvalue weighted by Gasteiger charge is -2.31. The van der Waals surface area contributed by atoms with E-state index in [1.165, 1.54) is 12.1 Å². The van der Waals surface area contributed by atoms with Crippen molar-refractivity contribution in [3.8, 4) is 0 Å². The average Bonchev–Trinajstić information content (AvgIpc) is 3.39. The van der Waals surface area contributed by atoms with Crippen LogP contribution in [0.3, 0.4) is 0 Å². The molecule has 204 valence electrons. The van der Waals surface area contributed by atoms with Crippen molar-refractivity contribution in [3.63, 3.8) is 0 Å². The van der Waals surface area contributed by atoms with Crippen molar-refractivity contribution in [2.24, 2.45) is 18.2 Å². The summed E-state index contributed by atoms with van der Waals surface area (Å²) in [5, 5.41) is 10.8. The highest BCUT2D eigenvalue weighted by atomic mass is 19.1. The van der Waals surface area contributed by atoms with Crippen LogP contribution in [-0.4, -0.2) is 43.6 Å². The quantitative estimate of drug-likeness (QED) is 0.320. The molecule has 0 radical (unpaired) electrons. The van der Waals surface area contributed by atoms with E-state index < -0.39 is 29.2 Å². The SMILES string of the molecule is Cc1c(C(=O)NCC(N)=O)nc(C(NC(=O)c2nn(Cc3ccc(F)cc3)c3ccccc23)C(C)(C)C)n1C. The number of hydrogen-bond donors (Lipinski definition) is 3. The summed E-state index contributed by atoms with van der Waals surface area (Å²) in [6.07, 6.45) is 0. The lowest BCUT2D eigenvalue weighted by molar-refractivity contribution is -0.117. The Bertz CT molecular complexity index is 1550. The van der Waals surface area contributed by atoms with Crippen LogP contribution in [0, 0.1) is 18.2 Å². The zero-order chi connectivity index (χ0) is 28.5. The van der Waals surface area contributed by atoms with Crippen LogP contribution >= 0.6 is 0 Å². The van der Waals surface area contributed by atoms with Crippen LogP contribution in [0.5, 0.6) is 0 Å². The molecule has 0 bridgehead atoms. The summed E-state index contributed by atoms with van der Waals surface area (Å²) in [7, 11) is 1.76. The van der Waals surface area contributed by atoms with Crippen molar-refractivity contribution in [2.45, 2.75) is 40.3 Å². The number of nitrogens with one attached hydrogen (secondary N) is 2. The Morgan fingerprint density at radius 1 is 1.03 bits per heavy atom. The van der Waals surface area contributed by atoms with E-state index in [9.17, 15) is 18.8 Å². The van der Waals surface area contributed by atoms with Gasteiger partial charge in [0.1, 0.15) is 17.3 Å². The molecule has 2 aromatic heterocycles. The molecule has 4 rings (SSSR count). The average molecular weight is 534 g/mol. The molecule has 4 aromatic rings. The van der Waals surface area contributed by atoms with Crippen LogP contribution in [0.2, 0.25) is 0 Å². The number of benzene rings is 2. The highest BCUT2D eigenvalue weighted by Gasteiger charge is 2.34. The number of amides is 3. The van der Waals surface area contributed by atoms with Gasteiger partial charge in [-0.25, -0.2) is 9.37 Å². The number of fused-ring (bicyclic) bond motifs is 1. The Balaban J connectivity index is 1.68. The van der Waals surface area contributed by atoms with Gasteiger partial charge in [0.15, 0.2) is 5.69 Å². The van der Waals surface area contributed by atoms with Crippen LogP contribution in [0.25, 0.3) is 10.9 Å². The molecule has 0 spiro atoms. The molecule has 2 heterocycles. The van der Waals surface area contributed by atoms with Crippen LogP contribution in [0.1, 0.15) is 64.9 Å². The maximum Gasteiger partial charge on any atom is 0.273 e. The van der Waals surface area contributed by atoms with Crippen molar-refractivity contribution < 1.29 is 18.8 Å². The Morgan fingerprint density at radius 2 is 1.69 bits per heavy atom. The molecule has 39 heavy (non-hydrogen) atoms. The van der Waals surface area contributed by atoms with Gasteiger partial charge in [0.2, 0.25) is 5.91 Å². The van der Waals surface area contributed by atoms with Crippen LogP contribution < -0.4 is 16.4 Å². The molecule has 3 amide bonds. The second-order valence-electron chi connectivity index (χ2n) is 10.5. The number of imidazole rings is 1. The van der Waals surface area contributed by atoms with Gasteiger partial charge in [-0.3, -0.25) is 19.1 Å². The summed E-state index contributed by atoms with van der Waals surface area (Å²) < 4.78 is 16.9. The van der Waals surface area contributed by atoms with Crippen LogP contribution in [-0.2, 0) is 18.4 Å². The number of carbonyl (C=O) groups is 3. The van der Waals surface area contributed by atoms with E-state index in [-0.39, 0.29) is 23.7 Å². The van der Waals surface area contributed by atoms with Crippen LogP contribution in [0.4, 0.5) is 4.39 Å². The molecule has 4 N–H and O–H groups in total. The first-order chi connectivity index (χ1) is 18.4. The Morgan fingerprint density at radius 3 is 2.33 bits per heavy atom. The maximum atomic E-state index is 13.7. The van der Waals surface area contributed by atoms with E-state index in [1.807, 2.05) is 45.0 Å².